The standard InChI is InChI=1S/C10H20N2O/c1-7(2)10(11)12(4)9-5-6-13-8(9)3/h7-9,11H,5-6H2,1-4H3. The largest absolute Gasteiger partial charge is 0.376 e. The number of nitrogens with zero attached hydrogens (tertiary/aromatic N) is 1. The van der Waals surface area contributed by atoms with Crippen LogP contribution in [0.3, 0.4) is 0 Å². The van der Waals surface area contributed by atoms with Crippen LogP contribution in [0.15, 0.2) is 0 Å². The predicted octanol–water partition coefficient (Wildman–Crippen LogP) is 1.73. The van der Waals surface area contributed by atoms with E-state index in [0.717, 1.165) is 13.0 Å². The zero-order valence-corrected chi connectivity index (χ0v) is 9.00. The first-order valence-corrected chi connectivity index (χ1v) is 4.97. The van der Waals surface area contributed by atoms with Gasteiger partial charge in [0.15, 0.2) is 0 Å². The molecule has 0 aliphatic carbocycles. The number of likely N-dealkylation sites (N-methyl/N-ethyl adjacent to an activating group) is 1. The Morgan fingerprint density at radius 3 is 2.54 bits per heavy atom. The quantitative estimate of drug-likeness (QED) is 0.524. The molecular formula is C10H20N2O. The van der Waals surface area contributed by atoms with Gasteiger partial charge in [0, 0.05) is 19.6 Å². The molecule has 13 heavy (non-hydrogen) atoms. The second-order valence-electron chi connectivity index (χ2n) is 4.08. The fourth-order valence-corrected chi connectivity index (χ4v) is 1.81. The molecule has 0 aromatic carbocycles. The molecule has 0 bridgehead atoms. The second kappa shape index (κ2) is 4.09. The smallest absolute Gasteiger partial charge is 0.0984 e. The molecule has 0 aromatic heterocycles. The van der Waals surface area contributed by atoms with Gasteiger partial charge in [-0.05, 0) is 13.3 Å². The first-order chi connectivity index (χ1) is 6.04. The monoisotopic (exact) mass is 184 g/mol. The van der Waals surface area contributed by atoms with Crippen LogP contribution in [0.25, 0.3) is 0 Å². The fraction of sp³-hybridized carbons (Fsp3) is 0.900. The van der Waals surface area contributed by atoms with Crippen molar-refractivity contribution < 1.29 is 4.74 Å². The van der Waals surface area contributed by atoms with Crippen LogP contribution in [-0.2, 0) is 4.74 Å². The van der Waals surface area contributed by atoms with E-state index in [0.29, 0.717) is 17.8 Å². The van der Waals surface area contributed by atoms with Gasteiger partial charge in [-0.15, -0.1) is 0 Å². The predicted molar refractivity (Wildman–Crippen MR) is 54.1 cm³/mol. The molecule has 1 N–H and O–H groups in total. The third-order valence-electron chi connectivity index (χ3n) is 2.76. The van der Waals surface area contributed by atoms with Gasteiger partial charge in [0.25, 0.3) is 0 Å². The van der Waals surface area contributed by atoms with E-state index in [1.165, 1.54) is 0 Å². The van der Waals surface area contributed by atoms with Crippen molar-refractivity contribution in [2.75, 3.05) is 13.7 Å². The molecule has 2 atom stereocenters. The van der Waals surface area contributed by atoms with E-state index < -0.39 is 0 Å². The maximum atomic E-state index is 7.87. The van der Waals surface area contributed by atoms with Gasteiger partial charge in [0.1, 0.15) is 0 Å². The molecule has 1 fully saturated rings. The van der Waals surface area contributed by atoms with Gasteiger partial charge in [-0.2, -0.15) is 0 Å². The lowest BCUT2D eigenvalue weighted by atomic mass is 10.1. The van der Waals surface area contributed by atoms with Crippen LogP contribution < -0.4 is 0 Å². The molecule has 1 aliphatic rings. The van der Waals surface area contributed by atoms with Gasteiger partial charge < -0.3 is 9.64 Å². The summed E-state index contributed by atoms with van der Waals surface area (Å²) in [7, 11) is 2.00. The van der Waals surface area contributed by atoms with Crippen LogP contribution in [0.1, 0.15) is 27.2 Å². The summed E-state index contributed by atoms with van der Waals surface area (Å²) >= 11 is 0. The van der Waals surface area contributed by atoms with E-state index in [2.05, 4.69) is 25.7 Å². The van der Waals surface area contributed by atoms with Crippen molar-refractivity contribution in [3.63, 3.8) is 0 Å². The number of ether oxygens (including phenoxy) is 1. The summed E-state index contributed by atoms with van der Waals surface area (Å²) in [5, 5.41) is 7.87. The normalized spacial score (nSPS) is 28.1. The Hall–Kier alpha value is -0.570. The summed E-state index contributed by atoms with van der Waals surface area (Å²) in [5.74, 6) is 1.01. The van der Waals surface area contributed by atoms with Crippen molar-refractivity contribution in [1.82, 2.24) is 4.90 Å². The van der Waals surface area contributed by atoms with Crippen molar-refractivity contribution in [2.24, 2.45) is 5.92 Å². The number of rotatable bonds is 2. The van der Waals surface area contributed by atoms with Crippen LogP contribution >= 0.6 is 0 Å². The first kappa shape index (κ1) is 10.5. The fourth-order valence-electron chi connectivity index (χ4n) is 1.81. The molecule has 1 rings (SSSR count). The average Bonchev–Trinajstić information content (AvgIpc) is 2.48. The van der Waals surface area contributed by atoms with Crippen LogP contribution in [0.2, 0.25) is 0 Å². The summed E-state index contributed by atoms with van der Waals surface area (Å²) in [4.78, 5) is 2.06. The minimum absolute atomic E-state index is 0.268. The Balaban J connectivity index is 2.56. The van der Waals surface area contributed by atoms with Crippen molar-refractivity contribution in [3.8, 4) is 0 Å². The highest BCUT2D eigenvalue weighted by Crippen LogP contribution is 2.19. The molecule has 1 aliphatic heterocycles. The number of hydrogen-bond donors (Lipinski definition) is 1. The highest BCUT2D eigenvalue weighted by Gasteiger charge is 2.29. The molecule has 1 saturated heterocycles. The van der Waals surface area contributed by atoms with Crippen molar-refractivity contribution in [3.05, 3.63) is 0 Å². The van der Waals surface area contributed by atoms with Crippen LogP contribution in [0.5, 0.6) is 0 Å². The molecule has 1 heterocycles. The Morgan fingerprint density at radius 1 is 1.54 bits per heavy atom. The van der Waals surface area contributed by atoms with Gasteiger partial charge in [-0.3, -0.25) is 5.41 Å². The molecule has 3 heteroatoms. The van der Waals surface area contributed by atoms with Crippen molar-refractivity contribution >= 4 is 5.84 Å². The molecule has 2 unspecified atom stereocenters. The van der Waals surface area contributed by atoms with E-state index in [9.17, 15) is 0 Å². The van der Waals surface area contributed by atoms with Crippen molar-refractivity contribution in [2.45, 2.75) is 39.3 Å². The van der Waals surface area contributed by atoms with E-state index >= 15 is 0 Å². The highest BCUT2D eigenvalue weighted by molar-refractivity contribution is 5.81. The van der Waals surface area contributed by atoms with Crippen LogP contribution in [0, 0.1) is 11.3 Å². The summed E-state index contributed by atoms with van der Waals surface area (Å²) in [5.41, 5.74) is 0. The van der Waals surface area contributed by atoms with Gasteiger partial charge in [0.05, 0.1) is 18.0 Å². The molecule has 0 saturated carbocycles. The maximum Gasteiger partial charge on any atom is 0.0984 e. The summed E-state index contributed by atoms with van der Waals surface area (Å²) < 4.78 is 5.48. The highest BCUT2D eigenvalue weighted by atomic mass is 16.5. The van der Waals surface area contributed by atoms with E-state index in [4.69, 9.17) is 10.1 Å². The molecule has 0 spiro atoms. The molecular weight excluding hydrogens is 164 g/mol. The summed E-state index contributed by atoms with van der Waals surface area (Å²) in [6.45, 7) is 7.03. The van der Waals surface area contributed by atoms with Gasteiger partial charge in [0.2, 0.25) is 0 Å². The van der Waals surface area contributed by atoms with E-state index in [-0.39, 0.29) is 6.10 Å². The molecule has 76 valence electrons. The van der Waals surface area contributed by atoms with Gasteiger partial charge in [-0.1, -0.05) is 13.8 Å². The lowest BCUT2D eigenvalue weighted by Gasteiger charge is -2.30. The second-order valence-corrected chi connectivity index (χ2v) is 4.08. The van der Waals surface area contributed by atoms with Gasteiger partial charge >= 0.3 is 0 Å². The molecule has 3 nitrogen and oxygen atoms in total. The molecule has 0 amide bonds. The van der Waals surface area contributed by atoms with Crippen LogP contribution in [-0.4, -0.2) is 36.5 Å². The van der Waals surface area contributed by atoms with Crippen molar-refractivity contribution in [1.29, 1.82) is 5.41 Å². The number of hydrogen-bond acceptors (Lipinski definition) is 2. The zero-order valence-electron chi connectivity index (χ0n) is 9.00. The first-order valence-electron chi connectivity index (χ1n) is 4.97. The minimum Gasteiger partial charge on any atom is -0.376 e. The van der Waals surface area contributed by atoms with Gasteiger partial charge in [-0.25, -0.2) is 0 Å². The third kappa shape index (κ3) is 2.21. The summed E-state index contributed by atoms with van der Waals surface area (Å²) in [6, 6.07) is 0.398. The minimum atomic E-state index is 0.268. The number of nitrogens with one attached hydrogen (secondary N) is 1. The average molecular weight is 184 g/mol. The Labute approximate surface area is 80.6 Å². The number of amidine groups is 1. The maximum absolute atomic E-state index is 7.87. The SMILES string of the molecule is CC(C)C(=N)N(C)C1CCOC1C. The molecule has 0 radical (unpaired) electrons. The summed E-state index contributed by atoms with van der Waals surface area (Å²) in [6.07, 6.45) is 1.32. The Morgan fingerprint density at radius 2 is 2.15 bits per heavy atom. The van der Waals surface area contributed by atoms with E-state index in [1.807, 2.05) is 7.05 Å². The lowest BCUT2D eigenvalue weighted by Crippen LogP contribution is -2.42. The third-order valence-corrected chi connectivity index (χ3v) is 2.76. The lowest BCUT2D eigenvalue weighted by molar-refractivity contribution is 0.0989. The Bertz CT molecular complexity index is 191. The van der Waals surface area contributed by atoms with Crippen LogP contribution in [0.4, 0.5) is 0 Å². The zero-order chi connectivity index (χ0) is 10.0. The van der Waals surface area contributed by atoms with E-state index in [1.54, 1.807) is 0 Å². The topological polar surface area (TPSA) is 36.3 Å². The molecule has 0 aromatic rings. The Kier molecular flexibility index (Phi) is 3.31.